The van der Waals surface area contributed by atoms with Crippen LogP contribution in [0.5, 0.6) is 0 Å². The third-order valence-corrected chi connectivity index (χ3v) is 3.51. The molecule has 1 atom stereocenters. The molecule has 0 saturated carbocycles. The minimum atomic E-state index is -0.253. The Labute approximate surface area is 120 Å². The Morgan fingerprint density at radius 1 is 1.32 bits per heavy atom. The summed E-state index contributed by atoms with van der Waals surface area (Å²) in [6.45, 7) is 13.0. The van der Waals surface area contributed by atoms with Crippen LogP contribution in [0.1, 0.15) is 33.3 Å². The maximum absolute atomic E-state index is 13.9. The number of rotatable bonds is 5. The number of benzene rings is 1. The van der Waals surface area contributed by atoms with Crippen molar-refractivity contribution in [2.24, 2.45) is 5.41 Å². The molecule has 19 heavy (non-hydrogen) atoms. The maximum Gasteiger partial charge on any atom is 0.127 e. The van der Waals surface area contributed by atoms with Crippen molar-refractivity contribution in [1.29, 1.82) is 0 Å². The Hall–Kier alpha value is -0.860. The van der Waals surface area contributed by atoms with Crippen LogP contribution in [0.3, 0.4) is 0 Å². The average Bonchev–Trinajstić information content (AvgIpc) is 2.31. The average molecular weight is 284 g/mol. The van der Waals surface area contributed by atoms with Gasteiger partial charge in [0.25, 0.3) is 0 Å². The quantitative estimate of drug-likeness (QED) is 0.779. The summed E-state index contributed by atoms with van der Waals surface area (Å²) >= 11 is 6.09. The minimum Gasteiger partial charge on any atom is -0.311 e. The minimum absolute atomic E-state index is 0.0172. The molecule has 0 amide bonds. The molecular weight excluding hydrogens is 261 g/mol. The van der Waals surface area contributed by atoms with E-state index in [1.165, 1.54) is 6.07 Å². The van der Waals surface area contributed by atoms with E-state index in [1.807, 2.05) is 6.08 Å². The first-order valence-corrected chi connectivity index (χ1v) is 6.86. The van der Waals surface area contributed by atoms with E-state index in [4.69, 9.17) is 11.6 Å². The van der Waals surface area contributed by atoms with Crippen LogP contribution in [0, 0.1) is 11.2 Å². The lowest BCUT2D eigenvalue weighted by molar-refractivity contribution is 0.320. The fraction of sp³-hybridized carbons (Fsp3) is 0.500. The molecule has 0 heterocycles. The summed E-state index contributed by atoms with van der Waals surface area (Å²) in [5, 5.41) is 3.91. The predicted molar refractivity (Wildman–Crippen MR) is 81.2 cm³/mol. The van der Waals surface area contributed by atoms with Crippen LogP contribution in [0.15, 0.2) is 30.9 Å². The van der Waals surface area contributed by atoms with E-state index in [-0.39, 0.29) is 16.8 Å². The van der Waals surface area contributed by atoms with Gasteiger partial charge in [-0.2, -0.15) is 0 Å². The van der Waals surface area contributed by atoms with Crippen LogP contribution < -0.4 is 5.32 Å². The van der Waals surface area contributed by atoms with Gasteiger partial charge in [-0.05, 0) is 39.3 Å². The largest absolute Gasteiger partial charge is 0.311 e. The molecule has 0 spiro atoms. The van der Waals surface area contributed by atoms with Crippen LogP contribution in [-0.4, -0.2) is 12.1 Å². The first-order chi connectivity index (χ1) is 8.67. The summed E-state index contributed by atoms with van der Waals surface area (Å²) < 4.78 is 13.9. The highest BCUT2D eigenvalue weighted by Gasteiger charge is 2.25. The van der Waals surface area contributed by atoms with Gasteiger partial charge in [0.05, 0.1) is 0 Å². The molecule has 0 aliphatic heterocycles. The lowest BCUT2D eigenvalue weighted by Gasteiger charge is -2.31. The molecule has 0 aromatic heterocycles. The van der Waals surface area contributed by atoms with Crippen LogP contribution in [0.25, 0.3) is 0 Å². The SMILES string of the molecule is C=CC(C)(CNC(C)(C)C)Cc1c(F)cccc1Cl. The van der Waals surface area contributed by atoms with E-state index in [1.54, 1.807) is 12.1 Å². The molecule has 0 bridgehead atoms. The molecular formula is C16H23ClFN. The van der Waals surface area contributed by atoms with E-state index in [0.717, 1.165) is 6.54 Å². The molecule has 1 aromatic carbocycles. The van der Waals surface area contributed by atoms with Gasteiger partial charge in [-0.15, -0.1) is 6.58 Å². The molecule has 0 saturated heterocycles. The summed E-state index contributed by atoms with van der Waals surface area (Å²) in [6, 6.07) is 4.79. The van der Waals surface area contributed by atoms with Gasteiger partial charge >= 0.3 is 0 Å². The van der Waals surface area contributed by atoms with Crippen molar-refractivity contribution in [2.75, 3.05) is 6.54 Å². The van der Waals surface area contributed by atoms with Crippen molar-refractivity contribution in [2.45, 2.75) is 39.7 Å². The molecule has 106 valence electrons. The van der Waals surface area contributed by atoms with Crippen molar-refractivity contribution in [3.8, 4) is 0 Å². The molecule has 1 aromatic rings. The highest BCUT2D eigenvalue weighted by atomic mass is 35.5. The molecule has 0 fully saturated rings. The monoisotopic (exact) mass is 283 g/mol. The summed E-state index contributed by atoms with van der Waals surface area (Å²) in [7, 11) is 0. The van der Waals surface area contributed by atoms with Crippen LogP contribution in [0.4, 0.5) is 4.39 Å². The van der Waals surface area contributed by atoms with Crippen molar-refractivity contribution in [3.63, 3.8) is 0 Å². The lowest BCUT2D eigenvalue weighted by atomic mass is 9.82. The number of hydrogen-bond donors (Lipinski definition) is 1. The molecule has 1 nitrogen and oxygen atoms in total. The standard InChI is InChI=1S/C16H23ClFN/c1-6-16(5,11-19-15(2,3)4)10-12-13(17)8-7-9-14(12)18/h6-9,19H,1,10-11H2,2-5H3. The molecule has 1 N–H and O–H groups in total. The molecule has 1 unspecified atom stereocenters. The molecule has 0 radical (unpaired) electrons. The van der Waals surface area contributed by atoms with Crippen LogP contribution in [-0.2, 0) is 6.42 Å². The van der Waals surface area contributed by atoms with Gasteiger partial charge in [0, 0.05) is 28.1 Å². The van der Waals surface area contributed by atoms with Crippen LogP contribution in [0.2, 0.25) is 5.02 Å². The fourth-order valence-corrected chi connectivity index (χ4v) is 2.01. The smallest absolute Gasteiger partial charge is 0.127 e. The van der Waals surface area contributed by atoms with E-state index in [0.29, 0.717) is 17.0 Å². The second-order valence-corrected chi connectivity index (χ2v) is 6.75. The Balaban J connectivity index is 2.89. The Morgan fingerprint density at radius 2 is 1.95 bits per heavy atom. The van der Waals surface area contributed by atoms with E-state index in [9.17, 15) is 4.39 Å². The molecule has 0 aliphatic rings. The van der Waals surface area contributed by atoms with Crippen molar-refractivity contribution < 1.29 is 4.39 Å². The van der Waals surface area contributed by atoms with Gasteiger partial charge in [-0.3, -0.25) is 0 Å². The molecule has 3 heteroatoms. The lowest BCUT2D eigenvalue weighted by Crippen LogP contribution is -2.43. The van der Waals surface area contributed by atoms with E-state index in [2.05, 4.69) is 39.6 Å². The fourth-order valence-electron chi connectivity index (χ4n) is 1.78. The predicted octanol–water partition coefficient (Wildman–Crippen LogP) is 4.60. The highest BCUT2D eigenvalue weighted by Crippen LogP contribution is 2.29. The maximum atomic E-state index is 13.9. The first kappa shape index (κ1) is 16.2. The van der Waals surface area contributed by atoms with Gasteiger partial charge in [-0.25, -0.2) is 4.39 Å². The zero-order chi connectivity index (χ0) is 14.7. The Bertz CT molecular complexity index is 430. The normalized spacial score (nSPS) is 15.1. The Morgan fingerprint density at radius 3 is 2.42 bits per heavy atom. The second kappa shape index (κ2) is 6.06. The second-order valence-electron chi connectivity index (χ2n) is 6.34. The van der Waals surface area contributed by atoms with Gasteiger partial charge < -0.3 is 5.32 Å². The van der Waals surface area contributed by atoms with E-state index < -0.39 is 0 Å². The summed E-state index contributed by atoms with van der Waals surface area (Å²) in [5.74, 6) is -0.253. The summed E-state index contributed by atoms with van der Waals surface area (Å²) in [5.41, 5.74) is 0.338. The first-order valence-electron chi connectivity index (χ1n) is 6.48. The van der Waals surface area contributed by atoms with Crippen molar-refractivity contribution in [1.82, 2.24) is 5.32 Å². The summed E-state index contributed by atoms with van der Waals surface area (Å²) in [6.07, 6.45) is 2.40. The number of hydrogen-bond acceptors (Lipinski definition) is 1. The van der Waals surface area contributed by atoms with Crippen LogP contribution >= 0.6 is 11.6 Å². The van der Waals surface area contributed by atoms with Gasteiger partial charge in [0.15, 0.2) is 0 Å². The third kappa shape index (κ3) is 4.96. The van der Waals surface area contributed by atoms with Gasteiger partial charge in [0.1, 0.15) is 5.82 Å². The van der Waals surface area contributed by atoms with Gasteiger partial charge in [0.2, 0.25) is 0 Å². The molecule has 0 aliphatic carbocycles. The Kier molecular flexibility index (Phi) is 5.17. The highest BCUT2D eigenvalue weighted by molar-refractivity contribution is 6.31. The summed E-state index contributed by atoms with van der Waals surface area (Å²) in [4.78, 5) is 0. The number of halogens is 2. The zero-order valence-corrected chi connectivity index (χ0v) is 12.9. The molecule has 1 rings (SSSR count). The third-order valence-electron chi connectivity index (χ3n) is 3.16. The number of nitrogens with one attached hydrogen (secondary N) is 1. The van der Waals surface area contributed by atoms with E-state index >= 15 is 0 Å². The van der Waals surface area contributed by atoms with Crippen molar-refractivity contribution in [3.05, 3.63) is 47.3 Å². The van der Waals surface area contributed by atoms with Gasteiger partial charge in [-0.1, -0.05) is 30.7 Å². The zero-order valence-electron chi connectivity index (χ0n) is 12.2. The van der Waals surface area contributed by atoms with Crippen molar-refractivity contribution >= 4 is 11.6 Å². The topological polar surface area (TPSA) is 12.0 Å².